The molecule has 5 nitrogen and oxygen atoms in total. The highest BCUT2D eigenvalue weighted by Crippen LogP contribution is 2.19. The number of piperidine rings is 1. The van der Waals surface area contributed by atoms with Crippen LogP contribution in [0.25, 0.3) is 0 Å². The predicted octanol–water partition coefficient (Wildman–Crippen LogP) is 2.66. The molecule has 1 amide bonds. The summed E-state index contributed by atoms with van der Waals surface area (Å²) in [5.41, 5.74) is 0.762. The van der Waals surface area contributed by atoms with Gasteiger partial charge in [-0.05, 0) is 44.5 Å². The number of carbonyl (C=O) groups excluding carboxylic acids is 2. The molecule has 0 spiro atoms. The van der Waals surface area contributed by atoms with E-state index in [1.54, 1.807) is 0 Å². The summed E-state index contributed by atoms with van der Waals surface area (Å²) in [6.45, 7) is 3.93. The fraction of sp³-hybridized carbons (Fsp3) is 0.500. The van der Waals surface area contributed by atoms with Crippen molar-refractivity contribution in [2.24, 2.45) is 5.92 Å². The van der Waals surface area contributed by atoms with Crippen LogP contribution in [0.2, 0.25) is 0 Å². The van der Waals surface area contributed by atoms with Gasteiger partial charge in [-0.25, -0.2) is 0 Å². The largest absolute Gasteiger partial charge is 0.466 e. The van der Waals surface area contributed by atoms with Crippen LogP contribution in [0.1, 0.15) is 19.8 Å². The number of likely N-dealkylation sites (tertiary alicyclic amines) is 1. The number of halogens is 1. The molecule has 1 N–H and O–H groups in total. The minimum absolute atomic E-state index is 0.0670. The molecule has 1 fully saturated rings. The number of nitrogens with one attached hydrogen (secondary N) is 1. The van der Waals surface area contributed by atoms with Crippen LogP contribution in [-0.2, 0) is 14.3 Å². The number of rotatable bonds is 5. The Morgan fingerprint density at radius 1 is 1.45 bits per heavy atom. The Labute approximate surface area is 139 Å². The molecule has 120 valence electrons. The smallest absolute Gasteiger partial charge is 0.310 e. The molecule has 1 heterocycles. The summed E-state index contributed by atoms with van der Waals surface area (Å²) in [5, 5.41) is 2.87. The fourth-order valence-corrected chi connectivity index (χ4v) is 3.02. The van der Waals surface area contributed by atoms with Crippen molar-refractivity contribution in [3.63, 3.8) is 0 Å². The van der Waals surface area contributed by atoms with Gasteiger partial charge in [0, 0.05) is 16.7 Å². The first-order chi connectivity index (χ1) is 10.6. The van der Waals surface area contributed by atoms with E-state index in [9.17, 15) is 9.59 Å². The monoisotopic (exact) mass is 368 g/mol. The topological polar surface area (TPSA) is 58.6 Å². The van der Waals surface area contributed by atoms with Crippen LogP contribution in [0.5, 0.6) is 0 Å². The molecule has 0 unspecified atom stereocenters. The van der Waals surface area contributed by atoms with Gasteiger partial charge in [-0.3, -0.25) is 14.5 Å². The van der Waals surface area contributed by atoms with Crippen LogP contribution >= 0.6 is 15.9 Å². The van der Waals surface area contributed by atoms with E-state index >= 15 is 0 Å². The van der Waals surface area contributed by atoms with Crippen LogP contribution in [0.4, 0.5) is 5.69 Å². The molecule has 1 aliphatic rings. The van der Waals surface area contributed by atoms with Crippen molar-refractivity contribution in [1.29, 1.82) is 0 Å². The molecule has 0 saturated carbocycles. The van der Waals surface area contributed by atoms with Gasteiger partial charge < -0.3 is 10.1 Å². The lowest BCUT2D eigenvalue weighted by Gasteiger charge is -2.30. The van der Waals surface area contributed by atoms with Gasteiger partial charge in [0.1, 0.15) is 0 Å². The van der Waals surface area contributed by atoms with Gasteiger partial charge in [0.2, 0.25) is 5.91 Å². The number of ether oxygens (including phenoxy) is 1. The van der Waals surface area contributed by atoms with E-state index in [0.717, 1.165) is 29.5 Å². The molecule has 1 atom stereocenters. The molecule has 1 saturated heterocycles. The van der Waals surface area contributed by atoms with E-state index in [2.05, 4.69) is 21.2 Å². The molecule has 0 bridgehead atoms. The van der Waals surface area contributed by atoms with Gasteiger partial charge >= 0.3 is 5.97 Å². The molecule has 0 aromatic heterocycles. The van der Waals surface area contributed by atoms with Crippen molar-refractivity contribution in [2.75, 3.05) is 31.6 Å². The van der Waals surface area contributed by atoms with Crippen LogP contribution in [0.15, 0.2) is 28.7 Å². The second kappa shape index (κ2) is 8.29. The van der Waals surface area contributed by atoms with Gasteiger partial charge in [-0.15, -0.1) is 0 Å². The van der Waals surface area contributed by atoms with Gasteiger partial charge in [0.15, 0.2) is 0 Å². The summed E-state index contributed by atoms with van der Waals surface area (Å²) < 4.78 is 5.99. The van der Waals surface area contributed by atoms with Crippen LogP contribution < -0.4 is 5.32 Å². The lowest BCUT2D eigenvalue weighted by atomic mass is 9.98. The number of amides is 1. The van der Waals surface area contributed by atoms with Crippen molar-refractivity contribution in [2.45, 2.75) is 19.8 Å². The van der Waals surface area contributed by atoms with Crippen molar-refractivity contribution < 1.29 is 14.3 Å². The van der Waals surface area contributed by atoms with E-state index in [4.69, 9.17) is 4.74 Å². The average Bonchev–Trinajstić information content (AvgIpc) is 2.47. The standard InChI is InChI=1S/C16H21BrN2O3/c1-2-22-16(21)12-5-4-8-19(10-12)11-15(20)18-14-7-3-6-13(17)9-14/h3,6-7,9,12H,2,4-5,8,10-11H2,1H3,(H,18,20)/t12-/m1/s1. The molecular weight excluding hydrogens is 348 g/mol. The Morgan fingerprint density at radius 2 is 2.27 bits per heavy atom. The third-order valence-corrected chi connectivity index (χ3v) is 4.09. The van der Waals surface area contributed by atoms with Crippen molar-refractivity contribution in [3.8, 4) is 0 Å². The first kappa shape index (κ1) is 17.0. The highest BCUT2D eigenvalue weighted by atomic mass is 79.9. The second-order valence-corrected chi connectivity index (χ2v) is 6.30. The van der Waals surface area contributed by atoms with Gasteiger partial charge in [0.05, 0.1) is 19.1 Å². The van der Waals surface area contributed by atoms with Gasteiger partial charge in [-0.2, -0.15) is 0 Å². The Hall–Kier alpha value is -1.40. The fourth-order valence-electron chi connectivity index (χ4n) is 2.62. The number of benzene rings is 1. The molecular formula is C16H21BrN2O3. The Kier molecular flexibility index (Phi) is 6.39. The van der Waals surface area contributed by atoms with E-state index in [0.29, 0.717) is 19.7 Å². The number of hydrogen-bond donors (Lipinski definition) is 1. The highest BCUT2D eigenvalue weighted by Gasteiger charge is 2.27. The summed E-state index contributed by atoms with van der Waals surface area (Å²) in [7, 11) is 0. The Morgan fingerprint density at radius 3 is 3.00 bits per heavy atom. The molecule has 1 aromatic carbocycles. The highest BCUT2D eigenvalue weighted by molar-refractivity contribution is 9.10. The first-order valence-corrected chi connectivity index (χ1v) is 8.32. The maximum Gasteiger partial charge on any atom is 0.310 e. The third kappa shape index (κ3) is 5.10. The maximum atomic E-state index is 12.1. The Bertz CT molecular complexity index is 536. The van der Waals surface area contributed by atoms with Crippen molar-refractivity contribution in [3.05, 3.63) is 28.7 Å². The quantitative estimate of drug-likeness (QED) is 0.811. The lowest BCUT2D eigenvalue weighted by molar-refractivity contribution is -0.150. The van der Waals surface area contributed by atoms with E-state index < -0.39 is 0 Å². The van der Waals surface area contributed by atoms with Gasteiger partial charge in [-0.1, -0.05) is 22.0 Å². The normalized spacial score (nSPS) is 18.7. The second-order valence-electron chi connectivity index (χ2n) is 5.38. The number of esters is 1. The van der Waals surface area contributed by atoms with Gasteiger partial charge in [0.25, 0.3) is 0 Å². The lowest BCUT2D eigenvalue weighted by Crippen LogP contribution is -2.43. The van der Waals surface area contributed by atoms with E-state index in [-0.39, 0.29) is 17.8 Å². The predicted molar refractivity (Wildman–Crippen MR) is 88.6 cm³/mol. The zero-order chi connectivity index (χ0) is 15.9. The summed E-state index contributed by atoms with van der Waals surface area (Å²) in [4.78, 5) is 25.9. The van der Waals surface area contributed by atoms with E-state index in [1.165, 1.54) is 0 Å². The van der Waals surface area contributed by atoms with Crippen molar-refractivity contribution in [1.82, 2.24) is 4.90 Å². The summed E-state index contributed by atoms with van der Waals surface area (Å²) >= 11 is 3.38. The third-order valence-electron chi connectivity index (χ3n) is 3.60. The van der Waals surface area contributed by atoms with E-state index in [1.807, 2.05) is 36.1 Å². The Balaban J connectivity index is 1.84. The SMILES string of the molecule is CCOC(=O)[C@@H]1CCCN(CC(=O)Nc2cccc(Br)c2)C1. The minimum atomic E-state index is -0.153. The van der Waals surface area contributed by atoms with Crippen LogP contribution in [-0.4, -0.2) is 43.0 Å². The summed E-state index contributed by atoms with van der Waals surface area (Å²) in [5.74, 6) is -0.338. The van der Waals surface area contributed by atoms with Crippen LogP contribution in [0.3, 0.4) is 0 Å². The zero-order valence-electron chi connectivity index (χ0n) is 12.7. The molecule has 0 aliphatic carbocycles. The number of anilines is 1. The molecule has 22 heavy (non-hydrogen) atoms. The number of hydrogen-bond acceptors (Lipinski definition) is 4. The van der Waals surface area contributed by atoms with Crippen molar-refractivity contribution >= 4 is 33.5 Å². The molecule has 1 aliphatic heterocycles. The maximum absolute atomic E-state index is 12.1. The minimum Gasteiger partial charge on any atom is -0.466 e. The molecule has 2 rings (SSSR count). The number of carbonyl (C=O) groups is 2. The average molecular weight is 369 g/mol. The first-order valence-electron chi connectivity index (χ1n) is 7.53. The molecule has 0 radical (unpaired) electrons. The number of nitrogens with zero attached hydrogens (tertiary/aromatic N) is 1. The zero-order valence-corrected chi connectivity index (χ0v) is 14.3. The molecule has 6 heteroatoms. The van der Waals surface area contributed by atoms with Crippen LogP contribution in [0, 0.1) is 5.92 Å². The molecule has 1 aromatic rings. The summed E-state index contributed by atoms with van der Waals surface area (Å²) in [6.07, 6.45) is 1.75. The summed E-state index contributed by atoms with van der Waals surface area (Å²) in [6, 6.07) is 7.48.